The zero-order valence-corrected chi connectivity index (χ0v) is 11.5. The van der Waals surface area contributed by atoms with Crippen LogP contribution in [-0.4, -0.2) is 14.6 Å². The Labute approximate surface area is 115 Å². The molecule has 7 heteroatoms. The van der Waals surface area contributed by atoms with E-state index < -0.39 is 0 Å². The zero-order chi connectivity index (χ0) is 12.5. The first-order chi connectivity index (χ1) is 8.72. The quantitative estimate of drug-likeness (QED) is 0.803. The highest BCUT2D eigenvalue weighted by Crippen LogP contribution is 2.23. The first-order valence-electron chi connectivity index (χ1n) is 5.20. The number of nitrogens with one attached hydrogen (secondary N) is 1. The molecule has 3 heterocycles. The van der Waals surface area contributed by atoms with Crippen molar-refractivity contribution in [2.45, 2.75) is 6.54 Å². The molecule has 0 saturated carbocycles. The molecule has 3 aromatic rings. The summed E-state index contributed by atoms with van der Waals surface area (Å²) in [4.78, 5) is 5.41. The van der Waals surface area contributed by atoms with Gasteiger partial charge >= 0.3 is 0 Å². The van der Waals surface area contributed by atoms with Crippen LogP contribution in [0, 0.1) is 5.82 Å². The summed E-state index contributed by atoms with van der Waals surface area (Å²) in [7, 11) is 0. The van der Waals surface area contributed by atoms with Gasteiger partial charge in [0.2, 0.25) is 5.95 Å². The van der Waals surface area contributed by atoms with E-state index >= 15 is 0 Å². The molecule has 0 atom stereocenters. The van der Waals surface area contributed by atoms with Crippen LogP contribution in [-0.2, 0) is 6.54 Å². The number of pyridine rings is 1. The van der Waals surface area contributed by atoms with E-state index in [-0.39, 0.29) is 5.82 Å². The van der Waals surface area contributed by atoms with E-state index in [4.69, 9.17) is 0 Å². The first kappa shape index (κ1) is 11.6. The number of rotatable bonds is 3. The van der Waals surface area contributed by atoms with Gasteiger partial charge in [-0.25, -0.2) is 8.91 Å². The van der Waals surface area contributed by atoms with Crippen LogP contribution in [0.25, 0.3) is 5.65 Å². The average Bonchev–Trinajstić information content (AvgIpc) is 2.92. The Morgan fingerprint density at radius 3 is 3.06 bits per heavy atom. The Balaban J connectivity index is 1.81. The number of aromatic nitrogens is 3. The van der Waals surface area contributed by atoms with Crippen LogP contribution in [0.15, 0.2) is 34.2 Å². The van der Waals surface area contributed by atoms with Crippen LogP contribution >= 0.6 is 27.3 Å². The minimum Gasteiger partial charge on any atom is -0.348 e. The lowest BCUT2D eigenvalue weighted by atomic mass is 10.5. The lowest BCUT2D eigenvalue weighted by Gasteiger charge is -1.98. The van der Waals surface area contributed by atoms with Gasteiger partial charge < -0.3 is 5.32 Å². The lowest BCUT2D eigenvalue weighted by Crippen LogP contribution is -2.00. The molecule has 0 aliphatic carbocycles. The molecule has 4 nitrogen and oxygen atoms in total. The van der Waals surface area contributed by atoms with Gasteiger partial charge in [-0.2, -0.15) is 4.98 Å². The number of thiophene rings is 1. The molecular weight excluding hydrogens is 319 g/mol. The van der Waals surface area contributed by atoms with Crippen molar-refractivity contribution in [1.29, 1.82) is 0 Å². The monoisotopic (exact) mass is 326 g/mol. The SMILES string of the molecule is Fc1ccc2nc(NCc3sccc3Br)nn2c1. The molecule has 0 amide bonds. The Hall–Kier alpha value is -1.47. The summed E-state index contributed by atoms with van der Waals surface area (Å²) in [6.07, 6.45) is 1.30. The molecule has 3 aromatic heterocycles. The number of anilines is 1. The van der Waals surface area contributed by atoms with Crippen molar-refractivity contribution in [3.8, 4) is 0 Å². The summed E-state index contributed by atoms with van der Waals surface area (Å²) in [5.74, 6) is 0.154. The molecule has 0 aromatic carbocycles. The number of halogens is 2. The molecule has 0 bridgehead atoms. The molecule has 0 aliphatic heterocycles. The maximum absolute atomic E-state index is 13.0. The Morgan fingerprint density at radius 2 is 2.28 bits per heavy atom. The molecule has 0 saturated heterocycles. The minimum atomic E-state index is -0.333. The maximum Gasteiger partial charge on any atom is 0.243 e. The highest BCUT2D eigenvalue weighted by molar-refractivity contribution is 9.10. The molecule has 0 aliphatic rings. The van der Waals surface area contributed by atoms with E-state index in [9.17, 15) is 4.39 Å². The summed E-state index contributed by atoms with van der Waals surface area (Å²) >= 11 is 5.11. The van der Waals surface area contributed by atoms with Gasteiger partial charge in [-0.1, -0.05) is 0 Å². The van der Waals surface area contributed by atoms with Gasteiger partial charge in [-0.15, -0.1) is 16.4 Å². The standard InChI is InChI=1S/C11H8BrFN4S/c12-8-3-4-18-9(8)5-14-11-15-10-2-1-7(13)6-17(10)16-11/h1-4,6H,5H2,(H,14,16). The fraction of sp³-hybridized carbons (Fsp3) is 0.0909. The highest BCUT2D eigenvalue weighted by Gasteiger charge is 2.06. The van der Waals surface area contributed by atoms with Crippen LogP contribution in [0.1, 0.15) is 4.88 Å². The molecule has 92 valence electrons. The summed E-state index contributed by atoms with van der Waals surface area (Å²) in [6, 6.07) is 4.95. The zero-order valence-electron chi connectivity index (χ0n) is 9.10. The first-order valence-corrected chi connectivity index (χ1v) is 6.87. The Bertz CT molecular complexity index is 693. The fourth-order valence-electron chi connectivity index (χ4n) is 1.54. The lowest BCUT2D eigenvalue weighted by molar-refractivity contribution is 0.615. The van der Waals surface area contributed by atoms with Gasteiger partial charge in [0.1, 0.15) is 5.82 Å². The predicted molar refractivity (Wildman–Crippen MR) is 72.3 cm³/mol. The van der Waals surface area contributed by atoms with Crippen LogP contribution < -0.4 is 5.32 Å². The van der Waals surface area contributed by atoms with E-state index in [0.29, 0.717) is 18.1 Å². The summed E-state index contributed by atoms with van der Waals surface area (Å²) in [6.45, 7) is 0.637. The van der Waals surface area contributed by atoms with Crippen LogP contribution in [0.2, 0.25) is 0 Å². The molecule has 0 fully saturated rings. The molecule has 0 spiro atoms. The third-order valence-electron chi connectivity index (χ3n) is 2.39. The second-order valence-electron chi connectivity index (χ2n) is 3.63. The van der Waals surface area contributed by atoms with Crippen molar-refractivity contribution in [3.63, 3.8) is 0 Å². The average molecular weight is 327 g/mol. The minimum absolute atomic E-state index is 0.333. The maximum atomic E-state index is 13.0. The van der Waals surface area contributed by atoms with Crippen molar-refractivity contribution in [1.82, 2.24) is 14.6 Å². The van der Waals surface area contributed by atoms with E-state index in [1.54, 1.807) is 17.4 Å². The summed E-state index contributed by atoms with van der Waals surface area (Å²) in [5, 5.41) is 9.27. The fourth-order valence-corrected chi connectivity index (χ4v) is 2.98. The van der Waals surface area contributed by atoms with Crippen molar-refractivity contribution >= 4 is 38.9 Å². The van der Waals surface area contributed by atoms with Gasteiger partial charge in [0, 0.05) is 9.35 Å². The molecular formula is C11H8BrFN4S. The van der Waals surface area contributed by atoms with E-state index in [1.807, 2.05) is 11.4 Å². The largest absolute Gasteiger partial charge is 0.348 e. The second-order valence-corrected chi connectivity index (χ2v) is 5.49. The van der Waals surface area contributed by atoms with Crippen LogP contribution in [0.3, 0.4) is 0 Å². The molecule has 0 radical (unpaired) electrons. The second kappa shape index (κ2) is 4.66. The van der Waals surface area contributed by atoms with Crippen molar-refractivity contribution in [3.05, 3.63) is 44.9 Å². The van der Waals surface area contributed by atoms with Crippen molar-refractivity contribution < 1.29 is 4.39 Å². The molecule has 18 heavy (non-hydrogen) atoms. The van der Waals surface area contributed by atoms with Crippen molar-refractivity contribution in [2.24, 2.45) is 0 Å². The van der Waals surface area contributed by atoms with E-state index in [1.165, 1.54) is 21.7 Å². The van der Waals surface area contributed by atoms with E-state index in [0.717, 1.165) is 4.47 Å². The van der Waals surface area contributed by atoms with Gasteiger partial charge in [0.25, 0.3) is 0 Å². The number of hydrogen-bond acceptors (Lipinski definition) is 4. The smallest absolute Gasteiger partial charge is 0.243 e. The number of hydrogen-bond donors (Lipinski definition) is 1. The third-order valence-corrected chi connectivity index (χ3v) is 4.32. The normalized spacial score (nSPS) is 11.0. The van der Waals surface area contributed by atoms with Gasteiger partial charge in [-0.3, -0.25) is 0 Å². The summed E-state index contributed by atoms with van der Waals surface area (Å²) < 4.78 is 15.5. The van der Waals surface area contributed by atoms with Crippen molar-refractivity contribution in [2.75, 3.05) is 5.32 Å². The third kappa shape index (κ3) is 2.23. The van der Waals surface area contributed by atoms with Gasteiger partial charge in [-0.05, 0) is 39.5 Å². The van der Waals surface area contributed by atoms with Crippen LogP contribution in [0.4, 0.5) is 10.3 Å². The predicted octanol–water partition coefficient (Wildman–Crippen LogP) is 3.30. The Morgan fingerprint density at radius 1 is 1.39 bits per heavy atom. The van der Waals surface area contributed by atoms with Gasteiger partial charge in [0.05, 0.1) is 12.7 Å². The molecule has 0 unspecified atom stereocenters. The highest BCUT2D eigenvalue weighted by atomic mass is 79.9. The van der Waals surface area contributed by atoms with E-state index in [2.05, 4.69) is 31.3 Å². The molecule has 3 rings (SSSR count). The number of nitrogens with zero attached hydrogens (tertiary/aromatic N) is 3. The molecule has 1 N–H and O–H groups in total. The van der Waals surface area contributed by atoms with Gasteiger partial charge in [0.15, 0.2) is 5.65 Å². The number of fused-ring (bicyclic) bond motifs is 1. The van der Waals surface area contributed by atoms with Crippen LogP contribution in [0.5, 0.6) is 0 Å². The summed E-state index contributed by atoms with van der Waals surface area (Å²) in [5.41, 5.74) is 0.615. The Kier molecular flexibility index (Phi) is 3.00. The topological polar surface area (TPSA) is 42.2 Å².